The third kappa shape index (κ3) is 2.42. The zero-order valence-electron chi connectivity index (χ0n) is 6.08. The summed E-state index contributed by atoms with van der Waals surface area (Å²) >= 11 is 0. The van der Waals surface area contributed by atoms with Crippen molar-refractivity contribution >= 4 is 12.4 Å². The first-order valence-electron chi connectivity index (χ1n) is 3.28. The van der Waals surface area contributed by atoms with Crippen LogP contribution in [-0.2, 0) is 9.47 Å². The zero-order valence-corrected chi connectivity index (χ0v) is 6.89. The van der Waals surface area contributed by atoms with E-state index in [1.807, 2.05) is 6.92 Å². The lowest BCUT2D eigenvalue weighted by Crippen LogP contribution is -2.41. The van der Waals surface area contributed by atoms with Gasteiger partial charge in [0.1, 0.15) is 0 Å². The van der Waals surface area contributed by atoms with E-state index < -0.39 is 0 Å². The molecule has 0 amide bonds. The number of rotatable bonds is 1. The quantitative estimate of drug-likeness (QED) is 0.606. The van der Waals surface area contributed by atoms with Crippen molar-refractivity contribution in [1.29, 1.82) is 0 Å². The highest BCUT2D eigenvalue weighted by molar-refractivity contribution is 5.85. The van der Waals surface area contributed by atoms with Crippen molar-refractivity contribution in [3.05, 3.63) is 0 Å². The average molecular weight is 168 g/mol. The molecule has 0 spiro atoms. The van der Waals surface area contributed by atoms with Gasteiger partial charge in [-0.3, -0.25) is 0 Å². The van der Waals surface area contributed by atoms with E-state index in [1.54, 1.807) is 0 Å². The van der Waals surface area contributed by atoms with Crippen LogP contribution in [0.2, 0.25) is 0 Å². The Balaban J connectivity index is 0.000000810. The third-order valence-electron chi connectivity index (χ3n) is 1.55. The fraction of sp³-hybridized carbons (Fsp3) is 1.00. The molecule has 0 saturated carbocycles. The molecule has 0 unspecified atom stereocenters. The SMILES string of the molecule is C[C@@H]1OCCO[C@@H]1CN.Cl. The Hall–Kier alpha value is 0.170. The minimum atomic E-state index is 0. The van der Waals surface area contributed by atoms with E-state index in [2.05, 4.69) is 0 Å². The summed E-state index contributed by atoms with van der Waals surface area (Å²) in [5, 5.41) is 0. The number of nitrogens with two attached hydrogens (primary N) is 1. The summed E-state index contributed by atoms with van der Waals surface area (Å²) in [5.74, 6) is 0. The summed E-state index contributed by atoms with van der Waals surface area (Å²) in [4.78, 5) is 0. The largest absolute Gasteiger partial charge is 0.373 e. The van der Waals surface area contributed by atoms with Gasteiger partial charge in [0, 0.05) is 6.54 Å². The molecule has 1 saturated heterocycles. The van der Waals surface area contributed by atoms with Gasteiger partial charge in [-0.15, -0.1) is 12.4 Å². The monoisotopic (exact) mass is 167 g/mol. The smallest absolute Gasteiger partial charge is 0.0956 e. The zero-order chi connectivity index (χ0) is 6.69. The summed E-state index contributed by atoms with van der Waals surface area (Å²) in [6.07, 6.45) is 0.280. The van der Waals surface area contributed by atoms with Gasteiger partial charge in [-0.2, -0.15) is 0 Å². The highest BCUT2D eigenvalue weighted by Gasteiger charge is 2.20. The van der Waals surface area contributed by atoms with Gasteiger partial charge < -0.3 is 15.2 Å². The van der Waals surface area contributed by atoms with Gasteiger partial charge >= 0.3 is 0 Å². The number of hydrogen-bond donors (Lipinski definition) is 1. The highest BCUT2D eigenvalue weighted by Crippen LogP contribution is 2.07. The molecular weight excluding hydrogens is 154 g/mol. The van der Waals surface area contributed by atoms with Gasteiger partial charge in [0.15, 0.2) is 0 Å². The van der Waals surface area contributed by atoms with Crippen molar-refractivity contribution in [2.24, 2.45) is 5.73 Å². The van der Waals surface area contributed by atoms with Gasteiger partial charge in [-0.1, -0.05) is 0 Å². The maximum absolute atomic E-state index is 5.39. The molecule has 0 aliphatic carbocycles. The van der Waals surface area contributed by atoms with Crippen LogP contribution in [0.5, 0.6) is 0 Å². The normalized spacial score (nSPS) is 33.0. The Morgan fingerprint density at radius 2 is 2.00 bits per heavy atom. The maximum atomic E-state index is 5.39. The van der Waals surface area contributed by atoms with Crippen LogP contribution in [-0.4, -0.2) is 32.0 Å². The first kappa shape index (κ1) is 10.2. The van der Waals surface area contributed by atoms with Crippen molar-refractivity contribution in [2.75, 3.05) is 19.8 Å². The van der Waals surface area contributed by atoms with Crippen molar-refractivity contribution in [2.45, 2.75) is 19.1 Å². The lowest BCUT2D eigenvalue weighted by atomic mass is 10.2. The molecule has 2 N–H and O–H groups in total. The van der Waals surface area contributed by atoms with E-state index in [4.69, 9.17) is 15.2 Å². The summed E-state index contributed by atoms with van der Waals surface area (Å²) in [6.45, 7) is 3.93. The van der Waals surface area contributed by atoms with Crippen LogP contribution in [0, 0.1) is 0 Å². The molecule has 0 aromatic rings. The van der Waals surface area contributed by atoms with Crippen molar-refractivity contribution < 1.29 is 9.47 Å². The summed E-state index contributed by atoms with van der Waals surface area (Å²) in [6, 6.07) is 0. The molecule has 3 nitrogen and oxygen atoms in total. The Morgan fingerprint density at radius 1 is 1.40 bits per heavy atom. The van der Waals surface area contributed by atoms with Crippen LogP contribution >= 0.6 is 12.4 Å². The molecule has 0 bridgehead atoms. The predicted molar refractivity (Wildman–Crippen MR) is 41.5 cm³/mol. The van der Waals surface area contributed by atoms with Crippen LogP contribution in [0.25, 0.3) is 0 Å². The number of halogens is 1. The summed E-state index contributed by atoms with van der Waals surface area (Å²) in [5.41, 5.74) is 5.39. The minimum Gasteiger partial charge on any atom is -0.373 e. The molecule has 0 aromatic heterocycles. The van der Waals surface area contributed by atoms with Crippen LogP contribution in [0.3, 0.4) is 0 Å². The Labute approximate surface area is 67.3 Å². The van der Waals surface area contributed by atoms with Crippen LogP contribution < -0.4 is 5.73 Å². The summed E-state index contributed by atoms with van der Waals surface area (Å²) < 4.78 is 10.6. The molecule has 62 valence electrons. The minimum absolute atomic E-state index is 0. The molecule has 1 aliphatic rings. The highest BCUT2D eigenvalue weighted by atomic mass is 35.5. The topological polar surface area (TPSA) is 44.5 Å². The second-order valence-electron chi connectivity index (χ2n) is 2.22. The second-order valence-corrected chi connectivity index (χ2v) is 2.22. The Bertz CT molecular complexity index is 91.8. The van der Waals surface area contributed by atoms with E-state index in [1.165, 1.54) is 0 Å². The molecule has 4 heteroatoms. The average Bonchev–Trinajstić information content (AvgIpc) is 1.89. The third-order valence-corrected chi connectivity index (χ3v) is 1.55. The molecule has 2 atom stereocenters. The predicted octanol–water partition coefficient (Wildman–Crippen LogP) is 0.171. The van der Waals surface area contributed by atoms with Gasteiger partial charge in [0.05, 0.1) is 25.4 Å². The van der Waals surface area contributed by atoms with Crippen molar-refractivity contribution in [3.63, 3.8) is 0 Å². The standard InChI is InChI=1S/C6H13NO2.ClH/c1-5-6(4-7)9-3-2-8-5;/h5-6H,2-4,7H2,1H3;1H/t5-,6+;/m0./s1. The van der Waals surface area contributed by atoms with Crippen LogP contribution in [0.1, 0.15) is 6.92 Å². The fourth-order valence-corrected chi connectivity index (χ4v) is 0.936. The van der Waals surface area contributed by atoms with Gasteiger partial charge in [-0.05, 0) is 6.92 Å². The van der Waals surface area contributed by atoms with Gasteiger partial charge in [0.25, 0.3) is 0 Å². The Kier molecular flexibility index (Phi) is 4.99. The van der Waals surface area contributed by atoms with Crippen LogP contribution in [0.15, 0.2) is 0 Å². The van der Waals surface area contributed by atoms with Gasteiger partial charge in [-0.25, -0.2) is 0 Å². The molecular formula is C6H14ClNO2. The van der Waals surface area contributed by atoms with E-state index in [0.29, 0.717) is 19.8 Å². The summed E-state index contributed by atoms with van der Waals surface area (Å²) in [7, 11) is 0. The first-order valence-corrected chi connectivity index (χ1v) is 3.28. The molecule has 1 aliphatic heterocycles. The van der Waals surface area contributed by atoms with E-state index in [0.717, 1.165) is 0 Å². The molecule has 1 heterocycles. The van der Waals surface area contributed by atoms with Crippen LogP contribution in [0.4, 0.5) is 0 Å². The maximum Gasteiger partial charge on any atom is 0.0956 e. The van der Waals surface area contributed by atoms with Gasteiger partial charge in [0.2, 0.25) is 0 Å². The molecule has 1 fully saturated rings. The number of hydrogen-bond acceptors (Lipinski definition) is 3. The lowest BCUT2D eigenvalue weighted by Gasteiger charge is -2.28. The molecule has 0 radical (unpaired) electrons. The lowest BCUT2D eigenvalue weighted by molar-refractivity contribution is -0.127. The Morgan fingerprint density at radius 3 is 2.40 bits per heavy atom. The van der Waals surface area contributed by atoms with E-state index in [-0.39, 0.29) is 24.6 Å². The van der Waals surface area contributed by atoms with E-state index in [9.17, 15) is 0 Å². The molecule has 0 aromatic carbocycles. The number of ether oxygens (including phenoxy) is 2. The first-order chi connectivity index (χ1) is 4.34. The van der Waals surface area contributed by atoms with Crippen molar-refractivity contribution in [1.82, 2.24) is 0 Å². The second kappa shape index (κ2) is 4.91. The molecule has 1 rings (SSSR count). The molecule has 10 heavy (non-hydrogen) atoms. The van der Waals surface area contributed by atoms with E-state index >= 15 is 0 Å². The fourth-order valence-electron chi connectivity index (χ4n) is 0.936. The van der Waals surface area contributed by atoms with Crippen molar-refractivity contribution in [3.8, 4) is 0 Å².